The summed E-state index contributed by atoms with van der Waals surface area (Å²) in [5.41, 5.74) is 0.282. The molecule has 0 amide bonds. The second-order valence-corrected chi connectivity index (χ2v) is 4.20. The molecule has 0 aliphatic heterocycles. The van der Waals surface area contributed by atoms with Gasteiger partial charge < -0.3 is 4.74 Å². The van der Waals surface area contributed by atoms with Crippen LogP contribution in [0.25, 0.3) is 0 Å². The molecular weight excluding hydrogens is 150 g/mol. The molecule has 66 valence electrons. The third kappa shape index (κ3) is 1.61. The maximum atomic E-state index is 8.57. The van der Waals surface area contributed by atoms with Crippen molar-refractivity contribution < 1.29 is 4.74 Å². The second-order valence-electron chi connectivity index (χ2n) is 4.20. The molecule has 0 unspecified atom stereocenters. The average molecular weight is 165 g/mol. The Morgan fingerprint density at radius 1 is 1.42 bits per heavy atom. The van der Waals surface area contributed by atoms with E-state index in [2.05, 4.69) is 6.07 Å². The summed E-state index contributed by atoms with van der Waals surface area (Å²) < 4.78 is 5.71. The third-order valence-corrected chi connectivity index (χ3v) is 3.09. The van der Waals surface area contributed by atoms with Gasteiger partial charge in [-0.15, -0.1) is 0 Å². The number of hydrogen-bond donors (Lipinski definition) is 0. The second kappa shape index (κ2) is 3.06. The Bertz CT molecular complexity index is 198. The summed E-state index contributed by atoms with van der Waals surface area (Å²) in [4.78, 5) is 0. The summed E-state index contributed by atoms with van der Waals surface area (Å²) >= 11 is 0. The predicted molar refractivity (Wildman–Crippen MR) is 45.5 cm³/mol. The number of rotatable bonds is 4. The van der Waals surface area contributed by atoms with Crippen molar-refractivity contribution in [1.82, 2.24) is 0 Å². The van der Waals surface area contributed by atoms with E-state index >= 15 is 0 Å². The minimum absolute atomic E-state index is 0.282. The van der Waals surface area contributed by atoms with Crippen molar-refractivity contribution in [3.63, 3.8) is 0 Å². The number of ether oxygens (including phenoxy) is 1. The van der Waals surface area contributed by atoms with Crippen LogP contribution in [-0.2, 0) is 4.74 Å². The SMILES string of the molecule is N#CCC1(COC2CCC2)CC1. The van der Waals surface area contributed by atoms with Crippen LogP contribution in [-0.4, -0.2) is 12.7 Å². The fraction of sp³-hybridized carbons (Fsp3) is 0.900. The highest BCUT2D eigenvalue weighted by molar-refractivity contribution is 4.99. The predicted octanol–water partition coefficient (Wildman–Crippen LogP) is 2.25. The fourth-order valence-electron chi connectivity index (χ4n) is 1.55. The van der Waals surface area contributed by atoms with Gasteiger partial charge >= 0.3 is 0 Å². The van der Waals surface area contributed by atoms with Crippen molar-refractivity contribution in [3.8, 4) is 6.07 Å². The van der Waals surface area contributed by atoms with Crippen LogP contribution in [0.3, 0.4) is 0 Å². The highest BCUT2D eigenvalue weighted by Gasteiger charge is 2.43. The fourth-order valence-corrected chi connectivity index (χ4v) is 1.55. The summed E-state index contributed by atoms with van der Waals surface area (Å²) in [7, 11) is 0. The molecule has 0 aromatic heterocycles. The van der Waals surface area contributed by atoms with Gasteiger partial charge in [0.2, 0.25) is 0 Å². The number of nitriles is 1. The molecule has 0 heterocycles. The molecule has 2 saturated carbocycles. The highest BCUT2D eigenvalue weighted by Crippen LogP contribution is 2.49. The molecule has 0 aromatic rings. The first-order valence-corrected chi connectivity index (χ1v) is 4.83. The minimum atomic E-state index is 0.282. The lowest BCUT2D eigenvalue weighted by atomic mass is 9.96. The lowest BCUT2D eigenvalue weighted by Gasteiger charge is -2.27. The van der Waals surface area contributed by atoms with Crippen LogP contribution in [0.5, 0.6) is 0 Å². The van der Waals surface area contributed by atoms with Gasteiger partial charge in [0.05, 0.1) is 18.8 Å². The first kappa shape index (κ1) is 8.07. The lowest BCUT2D eigenvalue weighted by Crippen LogP contribution is -2.25. The minimum Gasteiger partial charge on any atom is -0.378 e. The van der Waals surface area contributed by atoms with Crippen molar-refractivity contribution >= 4 is 0 Å². The highest BCUT2D eigenvalue weighted by atomic mass is 16.5. The van der Waals surface area contributed by atoms with Gasteiger partial charge in [-0.1, -0.05) is 0 Å². The molecule has 2 rings (SSSR count). The zero-order chi connectivity index (χ0) is 8.44. The van der Waals surface area contributed by atoms with E-state index in [-0.39, 0.29) is 5.41 Å². The van der Waals surface area contributed by atoms with Gasteiger partial charge in [0.15, 0.2) is 0 Å². The molecule has 0 aromatic carbocycles. The summed E-state index contributed by atoms with van der Waals surface area (Å²) in [6, 6.07) is 2.25. The van der Waals surface area contributed by atoms with E-state index in [1.54, 1.807) is 0 Å². The van der Waals surface area contributed by atoms with Crippen LogP contribution in [0.1, 0.15) is 38.5 Å². The summed E-state index contributed by atoms with van der Waals surface area (Å²) in [6.07, 6.45) is 7.43. The Balaban J connectivity index is 1.68. The van der Waals surface area contributed by atoms with Crippen molar-refractivity contribution in [2.75, 3.05) is 6.61 Å². The van der Waals surface area contributed by atoms with Gasteiger partial charge in [-0.05, 0) is 32.1 Å². The number of nitrogens with zero attached hydrogens (tertiary/aromatic N) is 1. The van der Waals surface area contributed by atoms with Crippen molar-refractivity contribution in [2.24, 2.45) is 5.41 Å². The van der Waals surface area contributed by atoms with Gasteiger partial charge in [0.25, 0.3) is 0 Å². The smallest absolute Gasteiger partial charge is 0.0628 e. The van der Waals surface area contributed by atoms with Gasteiger partial charge in [0, 0.05) is 11.8 Å². The van der Waals surface area contributed by atoms with E-state index < -0.39 is 0 Å². The van der Waals surface area contributed by atoms with Crippen LogP contribution in [0.15, 0.2) is 0 Å². The molecule has 0 bridgehead atoms. The number of hydrogen-bond acceptors (Lipinski definition) is 2. The van der Waals surface area contributed by atoms with E-state index in [0.717, 1.165) is 6.61 Å². The standard InChI is InChI=1S/C10H15NO/c11-7-6-10(4-5-10)8-12-9-2-1-3-9/h9H,1-6,8H2. The van der Waals surface area contributed by atoms with Crippen LogP contribution < -0.4 is 0 Å². The molecular formula is C10H15NO. The quantitative estimate of drug-likeness (QED) is 0.640. The van der Waals surface area contributed by atoms with Gasteiger partial charge in [0.1, 0.15) is 0 Å². The van der Waals surface area contributed by atoms with Crippen molar-refractivity contribution in [3.05, 3.63) is 0 Å². The molecule has 12 heavy (non-hydrogen) atoms. The van der Waals surface area contributed by atoms with Crippen LogP contribution in [0.2, 0.25) is 0 Å². The molecule has 2 nitrogen and oxygen atoms in total. The first-order chi connectivity index (χ1) is 5.85. The van der Waals surface area contributed by atoms with Gasteiger partial charge in [-0.2, -0.15) is 5.26 Å². The molecule has 0 spiro atoms. The topological polar surface area (TPSA) is 33.0 Å². The van der Waals surface area contributed by atoms with Crippen LogP contribution in [0, 0.1) is 16.7 Å². The zero-order valence-electron chi connectivity index (χ0n) is 7.38. The summed E-state index contributed by atoms with van der Waals surface area (Å²) in [5, 5.41) is 8.57. The average Bonchev–Trinajstić information content (AvgIpc) is 2.67. The molecule has 0 radical (unpaired) electrons. The van der Waals surface area contributed by atoms with Gasteiger partial charge in [-0.25, -0.2) is 0 Å². The molecule has 2 aliphatic carbocycles. The largest absolute Gasteiger partial charge is 0.378 e. The van der Waals surface area contributed by atoms with Crippen LogP contribution in [0.4, 0.5) is 0 Å². The summed E-state index contributed by atoms with van der Waals surface area (Å²) in [5.74, 6) is 0. The van der Waals surface area contributed by atoms with E-state index in [1.165, 1.54) is 32.1 Å². The van der Waals surface area contributed by atoms with E-state index in [9.17, 15) is 0 Å². The molecule has 2 fully saturated rings. The molecule has 2 aliphatic rings. The Labute approximate surface area is 73.5 Å². The van der Waals surface area contributed by atoms with E-state index in [0.29, 0.717) is 12.5 Å². The Kier molecular flexibility index (Phi) is 2.06. The normalized spacial score (nSPS) is 25.9. The molecule has 0 saturated heterocycles. The monoisotopic (exact) mass is 165 g/mol. The molecule has 0 N–H and O–H groups in total. The van der Waals surface area contributed by atoms with Gasteiger partial charge in [-0.3, -0.25) is 0 Å². The lowest BCUT2D eigenvalue weighted by molar-refractivity contribution is -0.0204. The van der Waals surface area contributed by atoms with E-state index in [1.807, 2.05) is 0 Å². The van der Waals surface area contributed by atoms with E-state index in [4.69, 9.17) is 10.00 Å². The first-order valence-electron chi connectivity index (χ1n) is 4.83. The third-order valence-electron chi connectivity index (χ3n) is 3.09. The maximum absolute atomic E-state index is 8.57. The zero-order valence-corrected chi connectivity index (χ0v) is 7.38. The Hall–Kier alpha value is -0.550. The van der Waals surface area contributed by atoms with Crippen LogP contribution >= 0.6 is 0 Å². The Morgan fingerprint density at radius 3 is 2.58 bits per heavy atom. The molecule has 0 atom stereocenters. The van der Waals surface area contributed by atoms with Crippen molar-refractivity contribution in [1.29, 1.82) is 5.26 Å². The molecule has 2 heteroatoms. The Morgan fingerprint density at radius 2 is 2.17 bits per heavy atom. The maximum Gasteiger partial charge on any atom is 0.0628 e. The summed E-state index contributed by atoms with van der Waals surface area (Å²) in [6.45, 7) is 0.839. The van der Waals surface area contributed by atoms with Crippen molar-refractivity contribution in [2.45, 2.75) is 44.6 Å².